The van der Waals surface area contributed by atoms with E-state index in [9.17, 15) is 0 Å². The highest BCUT2D eigenvalue weighted by Gasteiger charge is 3.03. The van der Waals surface area contributed by atoms with Crippen LogP contribution in [0.4, 0.5) is 0 Å². The maximum atomic E-state index is 2.49. The van der Waals surface area contributed by atoms with E-state index in [1.54, 1.807) is 22.3 Å². The van der Waals surface area contributed by atoms with Crippen molar-refractivity contribution in [3.05, 3.63) is 107 Å². The molecule has 3 aromatic rings. The van der Waals surface area contributed by atoms with E-state index in [1.807, 2.05) is 0 Å². The minimum absolute atomic E-state index is 0.288. The number of hydrogen-bond acceptors (Lipinski definition) is 0. The molecule has 0 unspecified atom stereocenters. The highest BCUT2D eigenvalue weighted by Crippen LogP contribution is 3.01. The summed E-state index contributed by atoms with van der Waals surface area (Å²) in [5.74, 6) is 0.760. The van der Waals surface area contributed by atoms with Gasteiger partial charge in [0.15, 0.2) is 0 Å². The predicted molar refractivity (Wildman–Crippen MR) is 102 cm³/mol. The molecule has 2 saturated carbocycles. The van der Waals surface area contributed by atoms with Crippen LogP contribution in [0.2, 0.25) is 0 Å². The Hall–Kier alpha value is -2.34. The molecule has 0 amide bonds. The van der Waals surface area contributed by atoms with Crippen molar-refractivity contribution in [2.75, 3.05) is 0 Å². The van der Waals surface area contributed by atoms with E-state index in [4.69, 9.17) is 0 Å². The van der Waals surface area contributed by atoms with Gasteiger partial charge >= 0.3 is 0 Å². The highest BCUT2D eigenvalue weighted by atomic mass is 15.0. The van der Waals surface area contributed by atoms with E-state index in [0.717, 1.165) is 5.92 Å². The second-order valence-electron chi connectivity index (χ2n) is 8.26. The van der Waals surface area contributed by atoms with Crippen LogP contribution in [0.5, 0.6) is 0 Å². The van der Waals surface area contributed by atoms with Crippen LogP contribution in [0.25, 0.3) is 0 Å². The fraction of sp³-hybridized carbons (Fsp3) is 0.280. The van der Waals surface area contributed by atoms with Crippen molar-refractivity contribution in [2.45, 2.75) is 30.6 Å². The molecule has 0 N–H and O–H groups in total. The fourth-order valence-electron chi connectivity index (χ4n) is 7.14. The van der Waals surface area contributed by atoms with Crippen molar-refractivity contribution >= 4 is 0 Å². The van der Waals surface area contributed by atoms with Gasteiger partial charge in [-0.2, -0.15) is 0 Å². The van der Waals surface area contributed by atoms with Crippen LogP contribution in [0.1, 0.15) is 29.2 Å². The van der Waals surface area contributed by atoms with Crippen LogP contribution in [-0.4, -0.2) is 0 Å². The number of fused-ring (bicyclic) bond motifs is 2. The first-order valence-corrected chi connectivity index (χ1v) is 9.47. The van der Waals surface area contributed by atoms with Crippen LogP contribution in [0.3, 0.4) is 0 Å². The van der Waals surface area contributed by atoms with Gasteiger partial charge in [0.05, 0.1) is 0 Å². The molecule has 0 bridgehead atoms. The first-order chi connectivity index (χ1) is 12.3. The van der Waals surface area contributed by atoms with Crippen molar-refractivity contribution in [1.82, 2.24) is 0 Å². The molecule has 0 aromatic heterocycles. The summed E-state index contributed by atoms with van der Waals surface area (Å²) in [7, 11) is 0. The molecule has 3 aliphatic carbocycles. The van der Waals surface area contributed by atoms with Gasteiger partial charge in [0.1, 0.15) is 0 Å². The van der Waals surface area contributed by atoms with Crippen molar-refractivity contribution < 1.29 is 0 Å². The Morgan fingerprint density at radius 2 is 1.16 bits per heavy atom. The molecule has 3 aromatic carbocycles. The molecule has 2 fully saturated rings. The second kappa shape index (κ2) is 4.25. The van der Waals surface area contributed by atoms with E-state index >= 15 is 0 Å². The molecule has 0 radical (unpaired) electrons. The summed E-state index contributed by atoms with van der Waals surface area (Å²) in [4.78, 5) is 0. The van der Waals surface area contributed by atoms with Crippen LogP contribution in [-0.2, 0) is 23.7 Å². The molecule has 25 heavy (non-hydrogen) atoms. The van der Waals surface area contributed by atoms with Gasteiger partial charge in [0, 0.05) is 10.8 Å². The molecule has 0 heteroatoms. The topological polar surface area (TPSA) is 0 Å². The van der Waals surface area contributed by atoms with Gasteiger partial charge in [-0.15, -0.1) is 0 Å². The monoisotopic (exact) mass is 322 g/mol. The lowest BCUT2D eigenvalue weighted by atomic mass is 9.64. The minimum Gasteiger partial charge on any atom is -0.0622 e. The highest BCUT2D eigenvalue weighted by molar-refractivity contribution is 5.72. The molecule has 1 spiro atoms. The lowest BCUT2D eigenvalue weighted by Gasteiger charge is -2.39. The summed E-state index contributed by atoms with van der Waals surface area (Å²) < 4.78 is 0. The van der Waals surface area contributed by atoms with Crippen molar-refractivity contribution in [2.24, 2.45) is 11.3 Å². The quantitative estimate of drug-likeness (QED) is 0.600. The number of rotatable bonds is 2. The Balaban J connectivity index is 1.62. The molecular weight excluding hydrogens is 300 g/mol. The van der Waals surface area contributed by atoms with Crippen LogP contribution < -0.4 is 0 Å². The van der Waals surface area contributed by atoms with Gasteiger partial charge in [-0.1, -0.05) is 91.9 Å². The Morgan fingerprint density at radius 1 is 0.640 bits per heavy atom. The maximum Gasteiger partial charge on any atom is 0.0170 e. The summed E-state index contributed by atoms with van der Waals surface area (Å²) in [6.45, 7) is 2.49. The molecule has 122 valence electrons. The second-order valence-corrected chi connectivity index (χ2v) is 8.26. The lowest BCUT2D eigenvalue weighted by Crippen LogP contribution is -2.38. The fourth-order valence-corrected chi connectivity index (χ4v) is 7.14. The Kier molecular flexibility index (Phi) is 2.36. The zero-order chi connectivity index (χ0) is 16.7. The van der Waals surface area contributed by atoms with Gasteiger partial charge in [-0.05, 0) is 46.4 Å². The van der Waals surface area contributed by atoms with Crippen molar-refractivity contribution in [3.63, 3.8) is 0 Å². The molecule has 0 aliphatic heterocycles. The summed E-state index contributed by atoms with van der Waals surface area (Å²) >= 11 is 0. The predicted octanol–water partition coefficient (Wildman–Crippen LogP) is 5.31. The molecule has 0 nitrogen and oxygen atoms in total. The summed E-state index contributed by atoms with van der Waals surface area (Å²) in [6.07, 6.45) is 2.42. The van der Waals surface area contributed by atoms with Crippen LogP contribution in [0.15, 0.2) is 84.9 Å². The van der Waals surface area contributed by atoms with Crippen LogP contribution in [0, 0.1) is 11.3 Å². The van der Waals surface area contributed by atoms with E-state index in [-0.39, 0.29) is 5.41 Å². The van der Waals surface area contributed by atoms with Gasteiger partial charge in [-0.3, -0.25) is 0 Å². The maximum absolute atomic E-state index is 2.49. The standard InChI is InChI=1S/C25H22/c1-18-23-16-19-10-8-9-11-20(19)17-24(23,21-12-4-2-5-13-21)25(18,23)22-14-6-3-7-15-22/h2-15,18H,16-17H2,1H3/t18-,23-,24+,25+/m1/s1. The number of benzene rings is 3. The van der Waals surface area contributed by atoms with E-state index in [2.05, 4.69) is 91.9 Å². The van der Waals surface area contributed by atoms with E-state index in [1.165, 1.54) is 12.8 Å². The molecule has 3 aliphatic rings. The van der Waals surface area contributed by atoms with Crippen molar-refractivity contribution in [3.8, 4) is 0 Å². The Labute approximate surface area is 149 Å². The first-order valence-electron chi connectivity index (χ1n) is 9.47. The molecular formula is C25H22. The summed E-state index contributed by atoms with van der Waals surface area (Å²) in [6, 6.07) is 31.8. The third-order valence-electron chi connectivity index (χ3n) is 7.92. The van der Waals surface area contributed by atoms with Gasteiger partial charge in [0.25, 0.3) is 0 Å². The normalized spacial score (nSPS) is 36.8. The first kappa shape index (κ1) is 13.9. The molecule has 4 atom stereocenters. The third-order valence-corrected chi connectivity index (χ3v) is 7.92. The number of hydrogen-bond donors (Lipinski definition) is 0. The average Bonchev–Trinajstić information content (AvgIpc) is 3.47. The molecule has 0 heterocycles. The SMILES string of the molecule is C[C@@H]1[C@]23Cc4ccccc4C[C@@]2(c2ccccc2)[C@]13c1ccccc1. The minimum atomic E-state index is 0.288. The Morgan fingerprint density at radius 3 is 1.80 bits per heavy atom. The zero-order valence-electron chi connectivity index (χ0n) is 14.6. The summed E-state index contributed by atoms with van der Waals surface area (Å²) in [5.41, 5.74) is 7.27. The van der Waals surface area contributed by atoms with E-state index < -0.39 is 0 Å². The Bertz CT molecular complexity index is 973. The van der Waals surface area contributed by atoms with Crippen LogP contribution >= 0.6 is 0 Å². The lowest BCUT2D eigenvalue weighted by molar-refractivity contribution is 0.300. The molecule has 0 saturated heterocycles. The molecule has 6 rings (SSSR count). The van der Waals surface area contributed by atoms with E-state index in [0.29, 0.717) is 10.8 Å². The van der Waals surface area contributed by atoms with Gasteiger partial charge in [-0.25, -0.2) is 0 Å². The summed E-state index contributed by atoms with van der Waals surface area (Å²) in [5, 5.41) is 0. The average molecular weight is 322 g/mol. The largest absolute Gasteiger partial charge is 0.0622 e. The van der Waals surface area contributed by atoms with Gasteiger partial charge in [0.2, 0.25) is 0 Å². The van der Waals surface area contributed by atoms with Crippen molar-refractivity contribution in [1.29, 1.82) is 0 Å². The van der Waals surface area contributed by atoms with Gasteiger partial charge < -0.3 is 0 Å². The zero-order valence-corrected chi connectivity index (χ0v) is 14.6. The smallest absolute Gasteiger partial charge is 0.0170 e. The third kappa shape index (κ3) is 1.26.